The molecule has 94 valence electrons. The molecule has 0 heterocycles. The van der Waals surface area contributed by atoms with E-state index in [9.17, 15) is 8.78 Å². The van der Waals surface area contributed by atoms with Gasteiger partial charge in [0.25, 0.3) is 0 Å². The second-order valence-corrected chi connectivity index (χ2v) is 5.25. The minimum Gasteiger partial charge on any atom is -0.207 e. The van der Waals surface area contributed by atoms with E-state index in [2.05, 4.69) is 15.9 Å². The molecular formula is C15H13BrF2. The SMILES string of the molecule is CC(c1ccccc1)C(Br)c1ccc(F)cc1F. The highest BCUT2D eigenvalue weighted by Crippen LogP contribution is 2.38. The average Bonchev–Trinajstić information content (AvgIpc) is 2.38. The smallest absolute Gasteiger partial charge is 0.130 e. The van der Waals surface area contributed by atoms with Gasteiger partial charge in [0.1, 0.15) is 11.6 Å². The first-order chi connectivity index (χ1) is 8.59. The topological polar surface area (TPSA) is 0 Å². The molecule has 2 aromatic carbocycles. The van der Waals surface area contributed by atoms with Crippen molar-refractivity contribution in [2.24, 2.45) is 0 Å². The van der Waals surface area contributed by atoms with Crippen molar-refractivity contribution in [3.63, 3.8) is 0 Å². The summed E-state index contributed by atoms with van der Waals surface area (Å²) in [5, 5.41) is 0. The van der Waals surface area contributed by atoms with E-state index in [1.54, 1.807) is 0 Å². The van der Waals surface area contributed by atoms with Crippen LogP contribution in [0, 0.1) is 11.6 Å². The summed E-state index contributed by atoms with van der Waals surface area (Å²) >= 11 is 3.50. The van der Waals surface area contributed by atoms with Crippen LogP contribution in [0.5, 0.6) is 0 Å². The third-order valence-electron chi connectivity index (χ3n) is 3.02. The number of hydrogen-bond donors (Lipinski definition) is 0. The lowest BCUT2D eigenvalue weighted by Crippen LogP contribution is -2.04. The van der Waals surface area contributed by atoms with Crippen molar-refractivity contribution < 1.29 is 8.78 Å². The Morgan fingerprint density at radius 2 is 1.67 bits per heavy atom. The van der Waals surface area contributed by atoms with E-state index < -0.39 is 11.6 Å². The summed E-state index contributed by atoms with van der Waals surface area (Å²) in [6.07, 6.45) is 0. The predicted octanol–water partition coefficient (Wildman–Crippen LogP) is 5.20. The summed E-state index contributed by atoms with van der Waals surface area (Å²) in [5.41, 5.74) is 1.59. The van der Waals surface area contributed by atoms with Gasteiger partial charge in [0.2, 0.25) is 0 Å². The van der Waals surface area contributed by atoms with Gasteiger partial charge in [-0.3, -0.25) is 0 Å². The van der Waals surface area contributed by atoms with Crippen LogP contribution in [-0.4, -0.2) is 0 Å². The number of halogens is 3. The molecule has 0 bridgehead atoms. The Kier molecular flexibility index (Phi) is 4.12. The van der Waals surface area contributed by atoms with Crippen molar-refractivity contribution in [3.8, 4) is 0 Å². The summed E-state index contributed by atoms with van der Waals surface area (Å²) in [4.78, 5) is -0.180. The summed E-state index contributed by atoms with van der Waals surface area (Å²) in [5.74, 6) is -0.964. The molecular weight excluding hydrogens is 298 g/mol. The van der Waals surface area contributed by atoms with E-state index in [1.165, 1.54) is 12.1 Å². The molecule has 18 heavy (non-hydrogen) atoms. The first-order valence-electron chi connectivity index (χ1n) is 5.73. The Hall–Kier alpha value is -1.22. The van der Waals surface area contributed by atoms with Gasteiger partial charge in [0.05, 0.1) is 0 Å². The molecule has 0 aliphatic carbocycles. The van der Waals surface area contributed by atoms with E-state index in [-0.39, 0.29) is 10.7 Å². The van der Waals surface area contributed by atoms with Gasteiger partial charge in [-0.15, -0.1) is 0 Å². The van der Waals surface area contributed by atoms with Crippen LogP contribution in [0.3, 0.4) is 0 Å². The van der Waals surface area contributed by atoms with Crippen molar-refractivity contribution in [2.45, 2.75) is 17.7 Å². The van der Waals surface area contributed by atoms with Crippen LogP contribution in [0.1, 0.15) is 28.8 Å². The number of alkyl halides is 1. The maximum atomic E-state index is 13.7. The molecule has 0 spiro atoms. The Bertz CT molecular complexity index is 525. The largest absolute Gasteiger partial charge is 0.207 e. The lowest BCUT2D eigenvalue weighted by Gasteiger charge is -2.19. The number of hydrogen-bond acceptors (Lipinski definition) is 0. The van der Waals surface area contributed by atoms with Crippen molar-refractivity contribution in [3.05, 3.63) is 71.3 Å². The first-order valence-corrected chi connectivity index (χ1v) is 6.65. The van der Waals surface area contributed by atoms with Crippen molar-refractivity contribution >= 4 is 15.9 Å². The van der Waals surface area contributed by atoms with E-state index in [4.69, 9.17) is 0 Å². The molecule has 0 amide bonds. The van der Waals surface area contributed by atoms with Crippen molar-refractivity contribution in [2.75, 3.05) is 0 Å². The van der Waals surface area contributed by atoms with Crippen molar-refractivity contribution in [1.29, 1.82) is 0 Å². The maximum absolute atomic E-state index is 13.7. The second kappa shape index (κ2) is 5.61. The molecule has 0 saturated carbocycles. The Labute approximate surface area is 114 Å². The zero-order valence-electron chi connectivity index (χ0n) is 9.91. The van der Waals surface area contributed by atoms with Gasteiger partial charge in [-0.1, -0.05) is 59.3 Å². The van der Waals surface area contributed by atoms with Gasteiger partial charge < -0.3 is 0 Å². The molecule has 0 N–H and O–H groups in total. The summed E-state index contributed by atoms with van der Waals surface area (Å²) in [6, 6.07) is 13.5. The average molecular weight is 311 g/mol. The first kappa shape index (κ1) is 13.2. The van der Waals surface area contributed by atoms with Gasteiger partial charge in [0.15, 0.2) is 0 Å². The quantitative estimate of drug-likeness (QED) is 0.683. The minimum atomic E-state index is -0.552. The summed E-state index contributed by atoms with van der Waals surface area (Å²) in [6.45, 7) is 2.01. The zero-order valence-corrected chi connectivity index (χ0v) is 11.5. The van der Waals surface area contributed by atoms with Crippen LogP contribution in [0.15, 0.2) is 48.5 Å². The molecule has 0 aliphatic heterocycles. The Morgan fingerprint density at radius 1 is 1.00 bits per heavy atom. The third kappa shape index (κ3) is 2.78. The van der Waals surface area contributed by atoms with Crippen molar-refractivity contribution in [1.82, 2.24) is 0 Å². The predicted molar refractivity (Wildman–Crippen MR) is 72.9 cm³/mol. The molecule has 2 unspecified atom stereocenters. The minimum absolute atomic E-state index is 0.103. The fourth-order valence-electron chi connectivity index (χ4n) is 1.92. The highest BCUT2D eigenvalue weighted by atomic mass is 79.9. The standard InChI is InChI=1S/C15H13BrF2/c1-10(11-5-3-2-4-6-11)15(16)13-8-7-12(17)9-14(13)18/h2-10,15H,1H3. The van der Waals surface area contributed by atoms with E-state index >= 15 is 0 Å². The van der Waals surface area contributed by atoms with Crippen LogP contribution in [0.4, 0.5) is 8.78 Å². The molecule has 3 heteroatoms. The second-order valence-electron chi connectivity index (χ2n) is 4.27. The molecule has 0 nitrogen and oxygen atoms in total. The van der Waals surface area contributed by atoms with Gasteiger partial charge in [-0.2, -0.15) is 0 Å². The van der Waals surface area contributed by atoms with Gasteiger partial charge in [0, 0.05) is 16.5 Å². The maximum Gasteiger partial charge on any atom is 0.130 e. The molecule has 0 fully saturated rings. The third-order valence-corrected chi connectivity index (χ3v) is 4.31. The number of rotatable bonds is 3. The molecule has 2 atom stereocenters. The lowest BCUT2D eigenvalue weighted by atomic mass is 9.93. The van der Waals surface area contributed by atoms with Gasteiger partial charge in [-0.25, -0.2) is 8.78 Å². The molecule has 0 aliphatic rings. The fraction of sp³-hybridized carbons (Fsp3) is 0.200. The summed E-state index contributed by atoms with van der Waals surface area (Å²) < 4.78 is 26.6. The molecule has 2 rings (SSSR count). The summed E-state index contributed by atoms with van der Waals surface area (Å²) in [7, 11) is 0. The van der Waals surface area contributed by atoms with Crippen LogP contribution in [0.25, 0.3) is 0 Å². The number of benzene rings is 2. The molecule has 0 radical (unpaired) electrons. The van der Waals surface area contributed by atoms with E-state index in [0.29, 0.717) is 5.56 Å². The monoisotopic (exact) mass is 310 g/mol. The van der Waals surface area contributed by atoms with E-state index in [0.717, 1.165) is 11.6 Å². The van der Waals surface area contributed by atoms with Crippen LogP contribution in [0.2, 0.25) is 0 Å². The Balaban J connectivity index is 2.28. The van der Waals surface area contributed by atoms with E-state index in [1.807, 2.05) is 37.3 Å². The van der Waals surface area contributed by atoms with Gasteiger partial charge >= 0.3 is 0 Å². The Morgan fingerprint density at radius 3 is 2.28 bits per heavy atom. The normalized spacial score (nSPS) is 14.2. The lowest BCUT2D eigenvalue weighted by molar-refractivity contribution is 0.564. The molecule has 0 saturated heterocycles. The fourth-order valence-corrected chi connectivity index (χ4v) is 2.60. The van der Waals surface area contributed by atoms with Crippen LogP contribution >= 0.6 is 15.9 Å². The zero-order chi connectivity index (χ0) is 13.1. The highest BCUT2D eigenvalue weighted by Gasteiger charge is 2.21. The molecule has 0 aromatic heterocycles. The van der Waals surface area contributed by atoms with Crippen LogP contribution in [-0.2, 0) is 0 Å². The molecule has 2 aromatic rings. The van der Waals surface area contributed by atoms with Gasteiger partial charge in [-0.05, 0) is 17.5 Å². The highest BCUT2D eigenvalue weighted by molar-refractivity contribution is 9.09. The van der Waals surface area contributed by atoms with Crippen LogP contribution < -0.4 is 0 Å².